The smallest absolute Gasteiger partial charge is 0.00000777 e. The normalized spacial score (nSPS) is 16.3. The maximum Gasteiger partial charge on any atom is -0.00000777 e. The van der Waals surface area contributed by atoms with Crippen molar-refractivity contribution in [1.29, 1.82) is 0 Å². The van der Waals surface area contributed by atoms with Crippen molar-refractivity contribution in [1.82, 2.24) is 0 Å². The SMILES string of the molecule is [PH]PP(P)P(P(P)P)P(P(P(P([PH])P)P(P)P)P(P(P)P)P(P)P)P(P(P(P(P)P)P(P)P)P(P(P)P)P(P)P)P(P(P(P(P)P)P(P)P)P(P(P)P)P(P)P)P(P(P(P)P)P(P)P)P(P(P)P)P(P)P. The maximum atomic E-state index is 4.74. The van der Waals surface area contributed by atoms with Gasteiger partial charge in [0.15, 0.2) is 0 Å². The molecule has 71 heavy (non-hydrogen) atoms. The molecule has 0 aromatic heterocycles. The lowest BCUT2D eigenvalue weighted by atomic mass is 28.4. The van der Waals surface area contributed by atoms with Gasteiger partial charge < -0.3 is 0 Å². The molecule has 0 saturated carbocycles. The molecule has 0 aliphatic rings. The lowest BCUT2D eigenvalue weighted by Crippen LogP contribution is -1.74. The van der Waals surface area contributed by atoms with Crippen LogP contribution in [0.1, 0.15) is 0 Å². The first kappa shape index (κ1) is 102. The number of hydrogen-bond donors (Lipinski definition) is 0. The zero-order valence-electron chi connectivity index (χ0n) is 36.3. The predicted octanol–water partition coefficient (Wildman–Crippen LogP) is 42.1. The van der Waals surface area contributed by atoms with Crippen molar-refractivity contribution in [3.8, 4) is 0 Å². The highest BCUT2D eigenvalue weighted by Crippen LogP contribution is 3.50. The average molecular weight is 2270 g/mol. The minimum absolute atomic E-state index is 0.259. The van der Waals surface area contributed by atoms with E-state index in [2.05, 4.69) is 312 Å². The second-order valence-corrected chi connectivity index (χ2v) is 302. The van der Waals surface area contributed by atoms with Gasteiger partial charge in [0.05, 0.1) is 0 Å². The monoisotopic (exact) mass is 2270 g/mol. The van der Waals surface area contributed by atoms with Gasteiger partial charge >= 0.3 is 0 Å². The summed E-state index contributed by atoms with van der Waals surface area (Å²) < 4.78 is 0. The van der Waals surface area contributed by atoms with E-state index in [0.717, 1.165) is 7.96 Å². The first-order chi connectivity index (χ1) is 32.3. The average Bonchev–Trinajstić information content (AvgIpc) is 3.15. The van der Waals surface area contributed by atoms with Crippen LogP contribution in [-0.2, 0) is 0 Å². The molecule has 42 atom stereocenters. The third-order valence-corrected chi connectivity index (χ3v) is 503. The second kappa shape index (κ2) is 55.9. The van der Waals surface area contributed by atoms with E-state index in [4.69, 9.17) is 8.93 Å². The molecule has 0 aromatic rings. The fourth-order valence-corrected chi connectivity index (χ4v) is 1030. The zero-order valence-corrected chi connectivity index (χ0v) is 109. The first-order valence-corrected chi connectivity index (χ1v) is 145. The Bertz CT molecular complexity index is 1160. The minimum atomic E-state index is -0.400. The standard InChI is InChI=1S/H71P71/c1-37-55(36)64(54(34)35)69(65(56(38(2)3)39(4)5)57(40(6)7)41(8)9)71(68(62(50(26)27)51(28)29)63(52(30)31)53(32)33)70(66(58(42(10)11)43(12)13)59(44(14)15)45(16)17)67(60(46(18)19)47(20)21)61(48(22)23)49(24)25/h1-2,37H,3-36H2. The van der Waals surface area contributed by atoms with E-state index in [0.29, 0.717) is 0 Å². The third kappa shape index (κ3) is 36.1. The summed E-state index contributed by atoms with van der Waals surface area (Å²) in [6.07, 6.45) is 0. The molecule has 0 N–H and O–H groups in total. The summed E-state index contributed by atoms with van der Waals surface area (Å²) in [5.74, 6) is 0. The molecule has 0 saturated heterocycles. The molecule has 0 nitrogen and oxygen atoms in total. The summed E-state index contributed by atoms with van der Waals surface area (Å²) in [6.45, 7) is -10.5. The molecular weight excluding hydrogens is 2200 g/mol. The summed E-state index contributed by atoms with van der Waals surface area (Å²) >= 11 is 0. The van der Waals surface area contributed by atoms with Gasteiger partial charge in [-0.15, -0.1) is 304 Å². The summed E-state index contributed by atoms with van der Waals surface area (Å²) in [7, 11) is 133. The first-order valence-electron chi connectivity index (χ1n) is 16.1. The molecule has 71 heteroatoms. The van der Waals surface area contributed by atoms with Gasteiger partial charge in [0.2, 0.25) is 0 Å². The predicted molar refractivity (Wildman–Crippen MR) is 590 cm³/mol. The Morgan fingerprint density at radius 1 is 0.169 bits per heavy atom. The van der Waals surface area contributed by atoms with Gasteiger partial charge in [0.25, 0.3) is 0 Å². The molecule has 0 fully saturated rings. The highest BCUT2D eigenvalue weighted by Gasteiger charge is 2.63. The highest BCUT2D eigenvalue weighted by molar-refractivity contribution is 9.56. The fraction of sp³-hybridized carbons (Fsp3) is 0. The van der Waals surface area contributed by atoms with Gasteiger partial charge in [-0.05, 0) is 238 Å². The van der Waals surface area contributed by atoms with Gasteiger partial charge in [-0.25, -0.2) is 0 Å². The Morgan fingerprint density at radius 3 is 0.394 bits per heavy atom. The van der Waals surface area contributed by atoms with E-state index >= 15 is 0 Å². The third-order valence-electron chi connectivity index (χ3n) is 6.20. The summed E-state index contributed by atoms with van der Waals surface area (Å²) in [6, 6.07) is 0. The molecule has 0 spiro atoms. The van der Waals surface area contributed by atoms with Crippen molar-refractivity contribution in [2.75, 3.05) is 0 Å². The van der Waals surface area contributed by atoms with Crippen LogP contribution in [0.5, 0.6) is 0 Å². The molecule has 0 amide bonds. The van der Waals surface area contributed by atoms with Crippen molar-refractivity contribution in [2.45, 2.75) is 0 Å². The van der Waals surface area contributed by atoms with Gasteiger partial charge in [-0.1, -0.05) is 25.8 Å². The quantitative estimate of drug-likeness (QED) is 0.0564. The molecule has 0 aliphatic heterocycles. The van der Waals surface area contributed by atoms with Gasteiger partial charge in [-0.2, -0.15) is 0 Å². The van der Waals surface area contributed by atoms with Crippen LogP contribution in [0, 0.1) is 0 Å². The Morgan fingerprint density at radius 2 is 0.282 bits per heavy atom. The van der Waals surface area contributed by atoms with Crippen LogP contribution in [0.3, 0.4) is 0 Å². The lowest BCUT2D eigenvalue weighted by molar-refractivity contribution is 4.32. The molecule has 0 aromatic carbocycles. The van der Waals surface area contributed by atoms with Crippen molar-refractivity contribution in [3.05, 3.63) is 0 Å². The largest absolute Gasteiger partial charge is 0.102 e. The Hall–Kier alpha value is 30.5. The second-order valence-electron chi connectivity index (χ2n) is 11.2. The minimum Gasteiger partial charge on any atom is -0.102 e. The molecule has 0 aliphatic carbocycles. The zero-order chi connectivity index (χ0) is 56.3. The summed E-state index contributed by atoms with van der Waals surface area (Å²) in [4.78, 5) is 0. The van der Waals surface area contributed by atoms with Crippen molar-refractivity contribution in [3.63, 3.8) is 0 Å². The van der Waals surface area contributed by atoms with Crippen LogP contribution in [-0.4, -0.2) is 0 Å². The van der Waals surface area contributed by atoms with Gasteiger partial charge in [-0.3, -0.25) is 0 Å². The van der Waals surface area contributed by atoms with Crippen LogP contribution in [0.4, 0.5) is 0 Å². The van der Waals surface area contributed by atoms with E-state index in [9.17, 15) is 0 Å². The van der Waals surface area contributed by atoms with Crippen LogP contribution in [0.15, 0.2) is 0 Å². The molecule has 426 valence electrons. The van der Waals surface area contributed by atoms with Crippen LogP contribution in [0.25, 0.3) is 0 Å². The molecule has 2 radical (unpaired) electrons. The van der Waals surface area contributed by atoms with Crippen molar-refractivity contribution >= 4 is 567 Å². The van der Waals surface area contributed by atoms with Crippen LogP contribution < -0.4 is 0 Å². The van der Waals surface area contributed by atoms with Crippen molar-refractivity contribution < 1.29 is 0 Å². The topological polar surface area (TPSA) is 0 Å². The molecule has 0 heterocycles. The summed E-state index contributed by atoms with van der Waals surface area (Å²) in [5, 5.41) is 0. The Labute approximate surface area is 558 Å². The molecule has 0 bridgehead atoms. The van der Waals surface area contributed by atoms with Gasteiger partial charge in [0.1, 0.15) is 0 Å². The number of hydrogen-bond acceptors (Lipinski definition) is 0. The fourth-order valence-electron chi connectivity index (χ4n) is 4.26. The van der Waals surface area contributed by atoms with E-state index in [1.54, 1.807) is 0 Å². The lowest BCUT2D eigenvalue weighted by Gasteiger charge is -2.61. The molecular formula is H71P71. The molecule has 0 rings (SSSR count). The maximum absolute atomic E-state index is 4.74. The molecule has 42 unspecified atom stereocenters. The van der Waals surface area contributed by atoms with Gasteiger partial charge in [0, 0.05) is 0 Å². The van der Waals surface area contributed by atoms with Crippen LogP contribution >= 0.6 is 567 Å². The summed E-state index contributed by atoms with van der Waals surface area (Å²) in [5.41, 5.74) is 0. The Kier molecular flexibility index (Phi) is 79.9. The highest BCUT2D eigenvalue weighted by atomic mass is 33.6. The van der Waals surface area contributed by atoms with E-state index in [1.807, 2.05) is 0 Å². The van der Waals surface area contributed by atoms with E-state index in [1.165, 1.54) is 0 Å². The van der Waals surface area contributed by atoms with Crippen molar-refractivity contribution in [2.24, 2.45) is 0 Å². The van der Waals surface area contributed by atoms with Crippen LogP contribution in [0.2, 0.25) is 0 Å². The van der Waals surface area contributed by atoms with E-state index in [-0.39, 0.29) is 224 Å². The Balaban J connectivity index is 11.8. The number of rotatable bonds is 34. The van der Waals surface area contributed by atoms with E-state index < -0.39 is 14.0 Å².